The molecule has 0 radical (unpaired) electrons. The van der Waals surface area contributed by atoms with Gasteiger partial charge in [-0.3, -0.25) is 4.79 Å². The first kappa shape index (κ1) is 12.7. The lowest BCUT2D eigenvalue weighted by molar-refractivity contribution is -0.133. The molecule has 1 fully saturated rings. The molecule has 0 amide bonds. The van der Waals surface area contributed by atoms with Crippen LogP contribution in [-0.4, -0.2) is 31.7 Å². The predicted octanol–water partition coefficient (Wildman–Crippen LogP) is 2.19. The van der Waals surface area contributed by atoms with E-state index in [1.165, 1.54) is 6.42 Å². The highest BCUT2D eigenvalue weighted by atomic mass is 16.5. The number of ketones is 1. The maximum atomic E-state index is 11.5. The van der Waals surface area contributed by atoms with Crippen LogP contribution in [0.1, 0.15) is 40.0 Å². The van der Waals surface area contributed by atoms with Gasteiger partial charge in [0.1, 0.15) is 6.61 Å². The van der Waals surface area contributed by atoms with Crippen molar-refractivity contribution in [2.24, 2.45) is 5.41 Å². The third-order valence-electron chi connectivity index (χ3n) is 2.65. The molecule has 1 aliphatic rings. The SMILES string of the molecule is CC(C)(C)C(=O)COCC1CCCCO1. The minimum absolute atomic E-state index is 0.151. The molecule has 1 saturated heterocycles. The Labute approximate surface area is 92.1 Å². The van der Waals surface area contributed by atoms with E-state index in [4.69, 9.17) is 9.47 Å². The van der Waals surface area contributed by atoms with E-state index in [2.05, 4.69) is 0 Å². The molecule has 0 bridgehead atoms. The number of hydrogen-bond donors (Lipinski definition) is 0. The van der Waals surface area contributed by atoms with Gasteiger partial charge in [-0.2, -0.15) is 0 Å². The van der Waals surface area contributed by atoms with Gasteiger partial charge in [0, 0.05) is 12.0 Å². The molecule has 3 nitrogen and oxygen atoms in total. The molecule has 0 aliphatic carbocycles. The van der Waals surface area contributed by atoms with Crippen molar-refractivity contribution in [3.05, 3.63) is 0 Å². The lowest BCUT2D eigenvalue weighted by Gasteiger charge is -2.23. The van der Waals surface area contributed by atoms with E-state index in [0.29, 0.717) is 6.61 Å². The van der Waals surface area contributed by atoms with E-state index in [-0.39, 0.29) is 23.9 Å². The van der Waals surface area contributed by atoms with Crippen LogP contribution in [0.2, 0.25) is 0 Å². The molecule has 0 N–H and O–H groups in total. The molecule has 1 unspecified atom stereocenters. The summed E-state index contributed by atoms with van der Waals surface area (Å²) in [6, 6.07) is 0. The van der Waals surface area contributed by atoms with Crippen molar-refractivity contribution >= 4 is 5.78 Å². The van der Waals surface area contributed by atoms with Crippen LogP contribution in [0.3, 0.4) is 0 Å². The maximum absolute atomic E-state index is 11.5. The van der Waals surface area contributed by atoms with Crippen LogP contribution in [-0.2, 0) is 14.3 Å². The van der Waals surface area contributed by atoms with Crippen molar-refractivity contribution in [2.75, 3.05) is 19.8 Å². The normalized spacial score (nSPS) is 22.7. The quantitative estimate of drug-likeness (QED) is 0.719. The monoisotopic (exact) mass is 214 g/mol. The van der Waals surface area contributed by atoms with Crippen molar-refractivity contribution in [3.63, 3.8) is 0 Å². The molecule has 88 valence electrons. The van der Waals surface area contributed by atoms with Gasteiger partial charge in [0.2, 0.25) is 0 Å². The zero-order valence-corrected chi connectivity index (χ0v) is 10.0. The summed E-state index contributed by atoms with van der Waals surface area (Å²) in [6.07, 6.45) is 3.62. The Morgan fingerprint density at radius 1 is 1.40 bits per heavy atom. The molecule has 15 heavy (non-hydrogen) atoms. The summed E-state index contributed by atoms with van der Waals surface area (Å²) >= 11 is 0. The second-order valence-corrected chi connectivity index (χ2v) is 5.18. The summed E-state index contributed by atoms with van der Waals surface area (Å²) in [5.41, 5.74) is -0.298. The van der Waals surface area contributed by atoms with E-state index in [9.17, 15) is 4.79 Å². The largest absolute Gasteiger partial charge is 0.376 e. The second-order valence-electron chi connectivity index (χ2n) is 5.18. The van der Waals surface area contributed by atoms with E-state index >= 15 is 0 Å². The molecule has 0 aromatic heterocycles. The first-order valence-electron chi connectivity index (χ1n) is 5.73. The van der Waals surface area contributed by atoms with E-state index in [1.54, 1.807) is 0 Å². The van der Waals surface area contributed by atoms with Gasteiger partial charge in [-0.25, -0.2) is 0 Å². The number of carbonyl (C=O) groups is 1. The highest BCUT2D eigenvalue weighted by molar-refractivity contribution is 5.84. The fourth-order valence-corrected chi connectivity index (χ4v) is 1.44. The second kappa shape index (κ2) is 5.61. The lowest BCUT2D eigenvalue weighted by Crippen LogP contribution is -2.29. The Bertz CT molecular complexity index is 199. The summed E-state index contributed by atoms with van der Waals surface area (Å²) in [5, 5.41) is 0. The third-order valence-corrected chi connectivity index (χ3v) is 2.65. The van der Waals surface area contributed by atoms with Gasteiger partial charge < -0.3 is 9.47 Å². The van der Waals surface area contributed by atoms with E-state index in [0.717, 1.165) is 19.4 Å². The van der Waals surface area contributed by atoms with Gasteiger partial charge in [-0.15, -0.1) is 0 Å². The Hall–Kier alpha value is -0.410. The van der Waals surface area contributed by atoms with Crippen LogP contribution < -0.4 is 0 Å². The molecule has 0 saturated carbocycles. The van der Waals surface area contributed by atoms with Crippen molar-refractivity contribution in [1.29, 1.82) is 0 Å². The van der Waals surface area contributed by atoms with Crippen molar-refractivity contribution in [2.45, 2.75) is 46.1 Å². The first-order valence-corrected chi connectivity index (χ1v) is 5.73. The molecule has 0 aromatic rings. The lowest BCUT2D eigenvalue weighted by atomic mass is 9.91. The van der Waals surface area contributed by atoms with Gasteiger partial charge in [0.15, 0.2) is 5.78 Å². The number of carbonyl (C=O) groups excluding carboxylic acids is 1. The van der Waals surface area contributed by atoms with Gasteiger partial charge >= 0.3 is 0 Å². The van der Waals surface area contributed by atoms with E-state index in [1.807, 2.05) is 20.8 Å². The van der Waals surface area contributed by atoms with Crippen LogP contribution in [0.25, 0.3) is 0 Å². The maximum Gasteiger partial charge on any atom is 0.163 e. The average Bonchev–Trinajstić information content (AvgIpc) is 2.18. The van der Waals surface area contributed by atoms with Gasteiger partial charge in [0.05, 0.1) is 12.7 Å². The molecule has 1 atom stereocenters. The minimum Gasteiger partial charge on any atom is -0.376 e. The molecule has 0 aromatic carbocycles. The molecule has 1 aliphatic heterocycles. The number of ether oxygens (including phenoxy) is 2. The average molecular weight is 214 g/mol. The minimum atomic E-state index is -0.298. The van der Waals surface area contributed by atoms with Gasteiger partial charge in [0.25, 0.3) is 0 Å². The fraction of sp³-hybridized carbons (Fsp3) is 0.917. The fourth-order valence-electron chi connectivity index (χ4n) is 1.44. The highest BCUT2D eigenvalue weighted by Crippen LogP contribution is 2.16. The summed E-state index contributed by atoms with van der Waals surface area (Å²) < 4.78 is 10.9. The van der Waals surface area contributed by atoms with Crippen molar-refractivity contribution in [1.82, 2.24) is 0 Å². The summed E-state index contributed by atoms with van der Waals surface area (Å²) in [5.74, 6) is 0.151. The Kier molecular flexibility index (Phi) is 4.74. The molecule has 0 spiro atoms. The van der Waals surface area contributed by atoms with Crippen LogP contribution in [0, 0.1) is 5.41 Å². The molecular weight excluding hydrogens is 192 g/mol. The summed E-state index contributed by atoms with van der Waals surface area (Å²) in [6.45, 7) is 7.34. The predicted molar refractivity (Wildman–Crippen MR) is 58.9 cm³/mol. The van der Waals surface area contributed by atoms with Crippen LogP contribution in [0.5, 0.6) is 0 Å². The smallest absolute Gasteiger partial charge is 0.163 e. The molecule has 3 heteroatoms. The van der Waals surface area contributed by atoms with Crippen LogP contribution in [0.15, 0.2) is 0 Å². The van der Waals surface area contributed by atoms with Crippen LogP contribution >= 0.6 is 0 Å². The zero-order chi connectivity index (χ0) is 11.3. The number of rotatable bonds is 4. The summed E-state index contributed by atoms with van der Waals surface area (Å²) in [4.78, 5) is 11.5. The first-order chi connectivity index (χ1) is 7.00. The highest BCUT2D eigenvalue weighted by Gasteiger charge is 2.22. The Balaban J connectivity index is 2.12. The molecular formula is C12H22O3. The van der Waals surface area contributed by atoms with Crippen molar-refractivity contribution < 1.29 is 14.3 Å². The standard InChI is InChI=1S/C12H22O3/c1-12(2,3)11(13)9-14-8-10-6-4-5-7-15-10/h10H,4-9H2,1-3H3. The Morgan fingerprint density at radius 2 is 2.13 bits per heavy atom. The number of Topliss-reactive ketones (excluding diaryl/α,β-unsaturated/α-hetero) is 1. The Morgan fingerprint density at radius 3 is 2.67 bits per heavy atom. The molecule has 1 heterocycles. The molecule has 1 rings (SSSR count). The van der Waals surface area contributed by atoms with E-state index < -0.39 is 0 Å². The summed E-state index contributed by atoms with van der Waals surface area (Å²) in [7, 11) is 0. The van der Waals surface area contributed by atoms with Crippen molar-refractivity contribution in [3.8, 4) is 0 Å². The third kappa shape index (κ3) is 4.76. The number of hydrogen-bond acceptors (Lipinski definition) is 3. The van der Waals surface area contributed by atoms with Gasteiger partial charge in [-0.05, 0) is 19.3 Å². The van der Waals surface area contributed by atoms with Crippen LogP contribution in [0.4, 0.5) is 0 Å². The van der Waals surface area contributed by atoms with Gasteiger partial charge in [-0.1, -0.05) is 20.8 Å². The topological polar surface area (TPSA) is 35.5 Å². The zero-order valence-electron chi connectivity index (χ0n) is 10.0.